The molecule has 1 aliphatic rings. The smallest absolute Gasteiger partial charge is 0.220 e. The Bertz CT molecular complexity index is 245. The van der Waals surface area contributed by atoms with E-state index in [0.717, 1.165) is 25.9 Å². The fourth-order valence-corrected chi connectivity index (χ4v) is 2.07. The Balaban J connectivity index is 2.43. The SMILES string of the molecule is CCC(=O)C(C)N1CCC(C(N)=O)CC1. The zero-order valence-electron chi connectivity index (χ0n) is 9.53. The van der Waals surface area contributed by atoms with Gasteiger partial charge in [0, 0.05) is 12.3 Å². The highest BCUT2D eigenvalue weighted by Crippen LogP contribution is 2.19. The van der Waals surface area contributed by atoms with Crippen LogP contribution < -0.4 is 5.73 Å². The molecule has 0 radical (unpaired) electrons. The van der Waals surface area contributed by atoms with E-state index >= 15 is 0 Å². The summed E-state index contributed by atoms with van der Waals surface area (Å²) in [5, 5.41) is 0. The van der Waals surface area contributed by atoms with E-state index in [2.05, 4.69) is 4.90 Å². The Labute approximate surface area is 90.8 Å². The topological polar surface area (TPSA) is 63.4 Å². The van der Waals surface area contributed by atoms with E-state index < -0.39 is 0 Å². The van der Waals surface area contributed by atoms with E-state index in [9.17, 15) is 9.59 Å². The molecule has 4 heteroatoms. The van der Waals surface area contributed by atoms with Gasteiger partial charge >= 0.3 is 0 Å². The molecule has 0 aliphatic carbocycles. The number of hydrogen-bond acceptors (Lipinski definition) is 3. The van der Waals surface area contributed by atoms with E-state index in [1.165, 1.54) is 0 Å². The quantitative estimate of drug-likeness (QED) is 0.740. The van der Waals surface area contributed by atoms with Gasteiger partial charge in [-0.2, -0.15) is 0 Å². The maximum Gasteiger partial charge on any atom is 0.220 e. The highest BCUT2D eigenvalue weighted by atomic mass is 16.1. The highest BCUT2D eigenvalue weighted by molar-refractivity contribution is 5.83. The van der Waals surface area contributed by atoms with Gasteiger partial charge in [0.2, 0.25) is 5.91 Å². The summed E-state index contributed by atoms with van der Waals surface area (Å²) in [6.07, 6.45) is 2.16. The molecule has 1 amide bonds. The minimum Gasteiger partial charge on any atom is -0.369 e. The lowest BCUT2D eigenvalue weighted by Gasteiger charge is -2.34. The summed E-state index contributed by atoms with van der Waals surface area (Å²) in [4.78, 5) is 24.6. The largest absolute Gasteiger partial charge is 0.369 e. The number of piperidine rings is 1. The molecular formula is C11H20N2O2. The molecule has 4 nitrogen and oxygen atoms in total. The van der Waals surface area contributed by atoms with Gasteiger partial charge in [-0.05, 0) is 32.9 Å². The summed E-state index contributed by atoms with van der Waals surface area (Å²) >= 11 is 0. The number of carbonyl (C=O) groups excluding carboxylic acids is 2. The molecule has 1 heterocycles. The third-order valence-corrected chi connectivity index (χ3v) is 3.29. The van der Waals surface area contributed by atoms with Gasteiger partial charge in [0.05, 0.1) is 6.04 Å². The predicted molar refractivity (Wildman–Crippen MR) is 58.3 cm³/mol. The summed E-state index contributed by atoms with van der Waals surface area (Å²) in [6, 6.07) is -0.0103. The van der Waals surface area contributed by atoms with Gasteiger partial charge < -0.3 is 5.73 Å². The maximum absolute atomic E-state index is 11.5. The second kappa shape index (κ2) is 5.26. The molecule has 1 fully saturated rings. The Morgan fingerprint density at radius 2 is 1.93 bits per heavy atom. The van der Waals surface area contributed by atoms with Crippen molar-refractivity contribution in [2.45, 2.75) is 39.2 Å². The molecule has 1 aliphatic heterocycles. The summed E-state index contributed by atoms with van der Waals surface area (Å²) in [5.74, 6) is 0.0711. The van der Waals surface area contributed by atoms with Crippen LogP contribution in [-0.4, -0.2) is 35.7 Å². The first kappa shape index (κ1) is 12.2. The van der Waals surface area contributed by atoms with Crippen LogP contribution in [0, 0.1) is 5.92 Å². The van der Waals surface area contributed by atoms with E-state index in [0.29, 0.717) is 6.42 Å². The molecule has 0 bridgehead atoms. The molecule has 0 spiro atoms. The number of amides is 1. The molecule has 15 heavy (non-hydrogen) atoms. The van der Waals surface area contributed by atoms with Crippen molar-refractivity contribution >= 4 is 11.7 Å². The van der Waals surface area contributed by atoms with Crippen molar-refractivity contribution in [2.75, 3.05) is 13.1 Å². The van der Waals surface area contributed by atoms with Crippen molar-refractivity contribution in [1.82, 2.24) is 4.90 Å². The van der Waals surface area contributed by atoms with Crippen molar-refractivity contribution in [2.24, 2.45) is 11.7 Å². The number of hydrogen-bond donors (Lipinski definition) is 1. The van der Waals surface area contributed by atoms with Crippen molar-refractivity contribution in [3.63, 3.8) is 0 Å². The van der Waals surface area contributed by atoms with Gasteiger partial charge in [0.25, 0.3) is 0 Å². The highest BCUT2D eigenvalue weighted by Gasteiger charge is 2.27. The van der Waals surface area contributed by atoms with E-state index in [4.69, 9.17) is 5.73 Å². The second-order valence-electron chi connectivity index (χ2n) is 4.21. The maximum atomic E-state index is 11.5. The average molecular weight is 212 g/mol. The molecule has 0 aromatic carbocycles. The van der Waals surface area contributed by atoms with Crippen molar-refractivity contribution in [1.29, 1.82) is 0 Å². The van der Waals surface area contributed by atoms with Gasteiger partial charge in [-0.25, -0.2) is 0 Å². The van der Waals surface area contributed by atoms with Crippen LogP contribution in [0.3, 0.4) is 0 Å². The normalized spacial score (nSPS) is 21.2. The van der Waals surface area contributed by atoms with E-state index in [1.807, 2.05) is 13.8 Å². The molecule has 2 N–H and O–H groups in total. The van der Waals surface area contributed by atoms with Crippen LogP contribution in [0.5, 0.6) is 0 Å². The Morgan fingerprint density at radius 3 is 2.33 bits per heavy atom. The molecule has 0 aromatic heterocycles. The fourth-order valence-electron chi connectivity index (χ4n) is 2.07. The lowest BCUT2D eigenvalue weighted by molar-refractivity contribution is -0.125. The second-order valence-corrected chi connectivity index (χ2v) is 4.21. The van der Waals surface area contributed by atoms with Crippen LogP contribution in [-0.2, 0) is 9.59 Å². The molecular weight excluding hydrogens is 192 g/mol. The van der Waals surface area contributed by atoms with Gasteiger partial charge in [-0.3, -0.25) is 14.5 Å². The Morgan fingerprint density at radius 1 is 1.40 bits per heavy atom. The number of ketones is 1. The zero-order valence-corrected chi connectivity index (χ0v) is 9.53. The molecule has 1 atom stereocenters. The monoisotopic (exact) mass is 212 g/mol. The number of nitrogens with zero attached hydrogens (tertiary/aromatic N) is 1. The molecule has 0 saturated carbocycles. The number of nitrogens with two attached hydrogens (primary N) is 1. The lowest BCUT2D eigenvalue weighted by Crippen LogP contribution is -2.45. The number of primary amides is 1. The van der Waals surface area contributed by atoms with E-state index in [1.54, 1.807) is 0 Å². The van der Waals surface area contributed by atoms with Crippen LogP contribution in [0.2, 0.25) is 0 Å². The minimum atomic E-state index is -0.205. The minimum absolute atomic E-state index is 0.00479. The summed E-state index contributed by atoms with van der Waals surface area (Å²) < 4.78 is 0. The Kier molecular flexibility index (Phi) is 4.27. The first-order valence-corrected chi connectivity index (χ1v) is 5.62. The van der Waals surface area contributed by atoms with Crippen LogP contribution in [0.25, 0.3) is 0 Å². The fraction of sp³-hybridized carbons (Fsp3) is 0.818. The Hall–Kier alpha value is -0.900. The molecule has 86 valence electrons. The number of Topliss-reactive ketones (excluding diaryl/α,β-unsaturated/α-hetero) is 1. The molecule has 1 rings (SSSR count). The molecule has 1 saturated heterocycles. The summed E-state index contributed by atoms with van der Waals surface area (Å²) in [5.41, 5.74) is 5.25. The van der Waals surface area contributed by atoms with Gasteiger partial charge in [0.1, 0.15) is 5.78 Å². The first-order chi connectivity index (χ1) is 7.06. The standard InChI is InChI=1S/C11H20N2O2/c1-3-10(14)8(2)13-6-4-9(5-7-13)11(12)15/h8-9H,3-7H2,1-2H3,(H2,12,15). The number of likely N-dealkylation sites (tertiary alicyclic amines) is 1. The van der Waals surface area contributed by atoms with Crippen molar-refractivity contribution < 1.29 is 9.59 Å². The van der Waals surface area contributed by atoms with Crippen molar-refractivity contribution in [3.8, 4) is 0 Å². The van der Waals surface area contributed by atoms with Gasteiger partial charge in [0.15, 0.2) is 0 Å². The number of carbonyl (C=O) groups is 2. The third-order valence-electron chi connectivity index (χ3n) is 3.29. The van der Waals surface area contributed by atoms with Gasteiger partial charge in [-0.15, -0.1) is 0 Å². The average Bonchev–Trinajstić information content (AvgIpc) is 2.27. The predicted octanol–water partition coefficient (Wildman–Crippen LogP) is 0.551. The molecule has 0 aromatic rings. The summed E-state index contributed by atoms with van der Waals surface area (Å²) in [7, 11) is 0. The zero-order chi connectivity index (χ0) is 11.4. The summed E-state index contributed by atoms with van der Waals surface area (Å²) in [6.45, 7) is 5.44. The lowest BCUT2D eigenvalue weighted by atomic mass is 9.94. The van der Waals surface area contributed by atoms with Crippen LogP contribution in [0.4, 0.5) is 0 Å². The molecule has 1 unspecified atom stereocenters. The van der Waals surface area contributed by atoms with Crippen LogP contribution in [0.15, 0.2) is 0 Å². The van der Waals surface area contributed by atoms with Crippen LogP contribution in [0.1, 0.15) is 33.1 Å². The number of rotatable bonds is 4. The van der Waals surface area contributed by atoms with Crippen molar-refractivity contribution in [3.05, 3.63) is 0 Å². The van der Waals surface area contributed by atoms with Gasteiger partial charge in [-0.1, -0.05) is 6.92 Å². The van der Waals surface area contributed by atoms with Crippen LogP contribution >= 0.6 is 0 Å². The van der Waals surface area contributed by atoms with E-state index in [-0.39, 0.29) is 23.7 Å². The third kappa shape index (κ3) is 3.02. The first-order valence-electron chi connectivity index (χ1n) is 5.62.